The second kappa shape index (κ2) is 24.9. The number of aryl methyl sites for hydroxylation is 1. The Labute approximate surface area is 286 Å². The van der Waals surface area contributed by atoms with Crippen LogP contribution in [0.5, 0.6) is 0 Å². The first-order valence-electron chi connectivity index (χ1n) is 16.3. The molecule has 8 nitrogen and oxygen atoms in total. The topological polar surface area (TPSA) is 108 Å². The molecule has 1 heterocycles. The van der Waals surface area contributed by atoms with Gasteiger partial charge in [-0.2, -0.15) is 11.8 Å². The van der Waals surface area contributed by atoms with Crippen molar-refractivity contribution in [2.45, 2.75) is 72.3 Å². The number of ether oxygens (including phenoxy) is 2. The normalized spacial score (nSPS) is 14.3. The Morgan fingerprint density at radius 2 is 1.60 bits per heavy atom. The van der Waals surface area contributed by atoms with Gasteiger partial charge in [-0.05, 0) is 78.6 Å². The molecular formula is C38H56N2O6S. The number of aliphatic hydroxyl groups excluding tert-OH is 1. The molecule has 1 amide bonds. The number of thioether (sulfide) groups is 1. The molecule has 0 aromatic heterocycles. The van der Waals surface area contributed by atoms with Gasteiger partial charge in [-0.1, -0.05) is 80.9 Å². The van der Waals surface area contributed by atoms with Gasteiger partial charge in [0.05, 0.1) is 12.7 Å². The molecule has 1 aliphatic rings. The number of carbonyl (C=O) groups excluding carboxylic acids is 1. The van der Waals surface area contributed by atoms with E-state index in [0.717, 1.165) is 48.3 Å². The zero-order valence-corrected chi connectivity index (χ0v) is 30.1. The van der Waals surface area contributed by atoms with Gasteiger partial charge in [-0.15, -0.1) is 0 Å². The Kier molecular flexibility index (Phi) is 22.1. The molecule has 260 valence electrons. The van der Waals surface area contributed by atoms with Crippen molar-refractivity contribution in [3.63, 3.8) is 0 Å². The van der Waals surface area contributed by atoms with Gasteiger partial charge < -0.3 is 25.0 Å². The van der Waals surface area contributed by atoms with Crippen LogP contribution in [0.3, 0.4) is 0 Å². The van der Waals surface area contributed by atoms with Crippen molar-refractivity contribution in [3.8, 4) is 11.1 Å². The Bertz CT molecular complexity index is 1290. The minimum atomic E-state index is -1.01. The standard InChI is InChI=1S/C31H36N2O4S.C3H8.2C2H6O/c1-22-8-6-7-11-26(22)28-18-24(12-13-27(28)30(34)32-29(31(35)36)15-17-38-2)19-33-16-14-25(20-33)37-21-23-9-4-3-5-10-23;2*1-3-2;1-2-3/h3-13,18,25,29H,14-17,19-21H2,1-2H3,(H,32,34)(H,35,36);3H2,1-2H3;1-2H3;3H,2H2,1H3. The van der Waals surface area contributed by atoms with Gasteiger partial charge in [-0.25, -0.2) is 4.79 Å². The van der Waals surface area contributed by atoms with Crippen molar-refractivity contribution in [2.24, 2.45) is 0 Å². The number of nitrogens with zero attached hydrogens (tertiary/aromatic N) is 1. The highest BCUT2D eigenvalue weighted by Crippen LogP contribution is 2.29. The number of aliphatic hydroxyl groups is 1. The number of hydrogen-bond acceptors (Lipinski definition) is 7. The molecule has 2 unspecified atom stereocenters. The third-order valence-electron chi connectivity index (χ3n) is 6.94. The summed E-state index contributed by atoms with van der Waals surface area (Å²) in [4.78, 5) is 27.4. The second-order valence-electron chi connectivity index (χ2n) is 11.2. The van der Waals surface area contributed by atoms with E-state index in [4.69, 9.17) is 9.84 Å². The summed E-state index contributed by atoms with van der Waals surface area (Å²) in [5.74, 6) is -0.717. The molecule has 1 saturated heterocycles. The predicted molar refractivity (Wildman–Crippen MR) is 195 cm³/mol. The van der Waals surface area contributed by atoms with E-state index >= 15 is 0 Å². The van der Waals surface area contributed by atoms with Crippen LogP contribution in [0.15, 0.2) is 72.8 Å². The SMILES string of the molecule is CCC.CCO.COC.CSCCC(NC(=O)c1ccc(CN2CCC(OCc3ccccc3)C2)cc1-c1ccccc1C)C(=O)O. The largest absolute Gasteiger partial charge is 0.480 e. The molecule has 1 fully saturated rings. The van der Waals surface area contributed by atoms with Crippen molar-refractivity contribution < 1.29 is 29.3 Å². The van der Waals surface area contributed by atoms with Gasteiger partial charge >= 0.3 is 5.97 Å². The van der Waals surface area contributed by atoms with E-state index in [1.165, 1.54) is 12.0 Å². The summed E-state index contributed by atoms with van der Waals surface area (Å²) in [6.45, 7) is 11.4. The summed E-state index contributed by atoms with van der Waals surface area (Å²) in [5.41, 5.74) is 5.64. The molecule has 3 aromatic carbocycles. The fourth-order valence-electron chi connectivity index (χ4n) is 4.84. The van der Waals surface area contributed by atoms with Gasteiger partial charge in [0.15, 0.2) is 0 Å². The number of carboxylic acid groups (broad SMARTS) is 1. The number of carboxylic acids is 1. The van der Waals surface area contributed by atoms with E-state index in [1.54, 1.807) is 32.9 Å². The maximum absolute atomic E-state index is 13.3. The van der Waals surface area contributed by atoms with Crippen LogP contribution in [0.1, 0.15) is 67.1 Å². The Morgan fingerprint density at radius 1 is 0.979 bits per heavy atom. The highest BCUT2D eigenvalue weighted by molar-refractivity contribution is 7.98. The Hall–Kier alpha value is -3.21. The van der Waals surface area contributed by atoms with E-state index in [2.05, 4.69) is 47.0 Å². The lowest BCUT2D eigenvalue weighted by Gasteiger charge is -2.20. The zero-order valence-electron chi connectivity index (χ0n) is 29.3. The second-order valence-corrected chi connectivity index (χ2v) is 12.2. The van der Waals surface area contributed by atoms with Crippen LogP contribution in [-0.4, -0.2) is 85.1 Å². The smallest absolute Gasteiger partial charge is 0.326 e. The number of benzene rings is 3. The lowest BCUT2D eigenvalue weighted by Crippen LogP contribution is -2.41. The predicted octanol–water partition coefficient (Wildman–Crippen LogP) is 7.07. The minimum absolute atomic E-state index is 0.199. The van der Waals surface area contributed by atoms with Crippen molar-refractivity contribution in [1.82, 2.24) is 10.2 Å². The van der Waals surface area contributed by atoms with Crippen molar-refractivity contribution in [1.29, 1.82) is 0 Å². The highest BCUT2D eigenvalue weighted by Gasteiger charge is 2.25. The summed E-state index contributed by atoms with van der Waals surface area (Å²) < 4.78 is 10.4. The van der Waals surface area contributed by atoms with E-state index in [9.17, 15) is 14.7 Å². The van der Waals surface area contributed by atoms with Crippen LogP contribution in [0, 0.1) is 6.92 Å². The van der Waals surface area contributed by atoms with Gasteiger partial charge in [0.2, 0.25) is 0 Å². The van der Waals surface area contributed by atoms with Gasteiger partial charge in [0, 0.05) is 46.0 Å². The first-order valence-corrected chi connectivity index (χ1v) is 17.7. The Balaban J connectivity index is 0.00000110. The Morgan fingerprint density at radius 3 is 2.19 bits per heavy atom. The van der Waals surface area contributed by atoms with Crippen LogP contribution in [0.25, 0.3) is 11.1 Å². The molecule has 0 aliphatic carbocycles. The van der Waals surface area contributed by atoms with Gasteiger partial charge in [-0.3, -0.25) is 9.69 Å². The highest BCUT2D eigenvalue weighted by atomic mass is 32.2. The quantitative estimate of drug-likeness (QED) is 0.188. The number of methoxy groups -OCH3 is 1. The molecule has 0 radical (unpaired) electrons. The molecule has 0 bridgehead atoms. The summed E-state index contributed by atoms with van der Waals surface area (Å²) in [5, 5.41) is 19.9. The van der Waals surface area contributed by atoms with Crippen LogP contribution in [-0.2, 0) is 27.4 Å². The van der Waals surface area contributed by atoms with Crippen molar-refractivity contribution in [2.75, 3.05) is 45.9 Å². The van der Waals surface area contributed by atoms with Crippen LogP contribution in [0.2, 0.25) is 0 Å². The number of hydrogen-bond donors (Lipinski definition) is 3. The summed E-state index contributed by atoms with van der Waals surface area (Å²) in [6, 6.07) is 23.2. The average Bonchev–Trinajstić information content (AvgIpc) is 3.50. The number of likely N-dealkylation sites (tertiary alicyclic amines) is 1. The minimum Gasteiger partial charge on any atom is -0.480 e. The average molecular weight is 669 g/mol. The van der Waals surface area contributed by atoms with Crippen LogP contribution in [0.4, 0.5) is 0 Å². The van der Waals surface area contributed by atoms with E-state index in [1.807, 2.05) is 67.8 Å². The van der Waals surface area contributed by atoms with E-state index in [0.29, 0.717) is 24.3 Å². The molecule has 47 heavy (non-hydrogen) atoms. The van der Waals surface area contributed by atoms with Crippen LogP contribution < -0.4 is 5.32 Å². The lowest BCUT2D eigenvalue weighted by atomic mass is 9.93. The zero-order chi connectivity index (χ0) is 35.0. The molecule has 0 spiro atoms. The monoisotopic (exact) mass is 668 g/mol. The lowest BCUT2D eigenvalue weighted by molar-refractivity contribution is -0.139. The number of aliphatic carboxylic acids is 1. The van der Waals surface area contributed by atoms with E-state index < -0.39 is 12.0 Å². The van der Waals surface area contributed by atoms with E-state index in [-0.39, 0.29) is 18.6 Å². The molecular weight excluding hydrogens is 612 g/mol. The van der Waals surface area contributed by atoms with Gasteiger partial charge in [0.25, 0.3) is 5.91 Å². The number of rotatable bonds is 12. The third kappa shape index (κ3) is 16.0. The van der Waals surface area contributed by atoms with Crippen LogP contribution >= 0.6 is 11.8 Å². The number of amides is 1. The molecule has 3 aromatic rings. The summed E-state index contributed by atoms with van der Waals surface area (Å²) in [6.07, 6.45) is 4.74. The molecule has 9 heteroatoms. The first kappa shape index (κ1) is 41.8. The summed E-state index contributed by atoms with van der Waals surface area (Å²) >= 11 is 1.56. The molecule has 2 atom stereocenters. The first-order chi connectivity index (χ1) is 22.7. The maximum Gasteiger partial charge on any atom is 0.326 e. The molecule has 1 aliphatic heterocycles. The van der Waals surface area contributed by atoms with Crippen molar-refractivity contribution in [3.05, 3.63) is 95.1 Å². The van der Waals surface area contributed by atoms with Crippen molar-refractivity contribution >= 4 is 23.6 Å². The molecule has 4 rings (SSSR count). The van der Waals surface area contributed by atoms with Gasteiger partial charge in [0.1, 0.15) is 6.04 Å². The number of nitrogens with one attached hydrogen (secondary N) is 1. The fraction of sp³-hybridized carbons (Fsp3) is 0.474. The maximum atomic E-state index is 13.3. The molecule has 0 saturated carbocycles. The molecule has 3 N–H and O–H groups in total. The fourth-order valence-corrected chi connectivity index (χ4v) is 5.31. The third-order valence-corrected chi connectivity index (χ3v) is 7.59. The number of carbonyl (C=O) groups is 2. The summed E-state index contributed by atoms with van der Waals surface area (Å²) in [7, 11) is 3.25.